The van der Waals surface area contributed by atoms with Crippen LogP contribution in [0.2, 0.25) is 0 Å². The van der Waals surface area contributed by atoms with Crippen molar-refractivity contribution in [2.45, 2.75) is 19.6 Å². The number of hydrogen-bond acceptors (Lipinski definition) is 4. The van der Waals surface area contributed by atoms with Crippen molar-refractivity contribution in [2.24, 2.45) is 0 Å². The summed E-state index contributed by atoms with van der Waals surface area (Å²) in [5, 5.41) is 11.9. The molecule has 18 heavy (non-hydrogen) atoms. The van der Waals surface area contributed by atoms with Crippen molar-refractivity contribution in [1.82, 2.24) is 5.32 Å². The number of nitrogens with one attached hydrogen (secondary N) is 1. The van der Waals surface area contributed by atoms with E-state index in [4.69, 9.17) is 14.6 Å². The molecule has 1 aromatic rings. The van der Waals surface area contributed by atoms with E-state index in [0.29, 0.717) is 11.4 Å². The van der Waals surface area contributed by atoms with Crippen LogP contribution in [0.15, 0.2) is 18.2 Å². The quantitative estimate of drug-likeness (QED) is 0.734. The lowest BCUT2D eigenvalue weighted by atomic mass is 9.97. The first kappa shape index (κ1) is 11.0. The molecule has 1 unspecified atom stereocenters. The Hall–Kier alpha value is -2.17. The maximum atomic E-state index is 10.8. The van der Waals surface area contributed by atoms with Gasteiger partial charge in [0.2, 0.25) is 6.29 Å². The molecule has 0 fully saturated rings. The van der Waals surface area contributed by atoms with Gasteiger partial charge < -0.3 is 19.9 Å². The molecule has 0 saturated heterocycles. The van der Waals surface area contributed by atoms with Crippen molar-refractivity contribution in [3.63, 3.8) is 0 Å². The third-order valence-electron chi connectivity index (χ3n) is 3.02. The maximum absolute atomic E-state index is 10.8. The zero-order valence-corrected chi connectivity index (χ0v) is 9.90. The standard InChI is InChI=1S/C13H13NO4/c1-7-17-11-4-8-2-3-14-10(6-13(15)16)9(8)5-12(11)18-7/h4-7,14H,2-3H2,1H3,(H,15,16)/b10-6+. The van der Waals surface area contributed by atoms with Crippen LogP contribution in [-0.4, -0.2) is 23.9 Å². The molecule has 0 saturated carbocycles. The van der Waals surface area contributed by atoms with Gasteiger partial charge in [-0.25, -0.2) is 4.79 Å². The van der Waals surface area contributed by atoms with Gasteiger partial charge in [0.05, 0.1) is 0 Å². The van der Waals surface area contributed by atoms with E-state index in [1.54, 1.807) is 0 Å². The summed E-state index contributed by atoms with van der Waals surface area (Å²) in [4.78, 5) is 10.8. The number of carboxylic acids is 1. The van der Waals surface area contributed by atoms with Crippen molar-refractivity contribution in [3.05, 3.63) is 29.3 Å². The van der Waals surface area contributed by atoms with Crippen LogP contribution in [0.3, 0.4) is 0 Å². The summed E-state index contributed by atoms with van der Waals surface area (Å²) in [5.41, 5.74) is 2.58. The molecular formula is C13H13NO4. The molecule has 0 aromatic heterocycles. The van der Waals surface area contributed by atoms with Gasteiger partial charge in [-0.1, -0.05) is 0 Å². The Morgan fingerprint density at radius 1 is 1.44 bits per heavy atom. The number of aliphatic carboxylic acids is 1. The predicted molar refractivity (Wildman–Crippen MR) is 64.5 cm³/mol. The second-order valence-corrected chi connectivity index (χ2v) is 4.33. The number of benzene rings is 1. The van der Waals surface area contributed by atoms with Gasteiger partial charge in [0, 0.05) is 30.8 Å². The zero-order valence-electron chi connectivity index (χ0n) is 9.90. The highest BCUT2D eigenvalue weighted by molar-refractivity contribution is 5.90. The van der Waals surface area contributed by atoms with Gasteiger partial charge in [-0.05, 0) is 24.1 Å². The number of carboxylic acid groups (broad SMARTS) is 1. The third kappa shape index (κ3) is 1.77. The van der Waals surface area contributed by atoms with E-state index in [9.17, 15) is 4.79 Å². The molecule has 5 heteroatoms. The largest absolute Gasteiger partial charge is 0.478 e. The van der Waals surface area contributed by atoms with Crippen LogP contribution in [0.25, 0.3) is 5.70 Å². The van der Waals surface area contributed by atoms with Crippen molar-refractivity contribution < 1.29 is 19.4 Å². The molecule has 0 aliphatic carbocycles. The van der Waals surface area contributed by atoms with Crippen LogP contribution in [-0.2, 0) is 11.2 Å². The fraction of sp³-hybridized carbons (Fsp3) is 0.308. The molecule has 3 rings (SSSR count). The minimum absolute atomic E-state index is 0.288. The highest BCUT2D eigenvalue weighted by atomic mass is 16.7. The highest BCUT2D eigenvalue weighted by Crippen LogP contribution is 2.39. The maximum Gasteiger partial charge on any atom is 0.330 e. The molecule has 2 heterocycles. The molecule has 2 aliphatic rings. The Morgan fingerprint density at radius 3 is 2.89 bits per heavy atom. The molecule has 2 aliphatic heterocycles. The molecule has 0 radical (unpaired) electrons. The lowest BCUT2D eigenvalue weighted by molar-refractivity contribution is -0.131. The van der Waals surface area contributed by atoms with Crippen LogP contribution in [0.5, 0.6) is 11.5 Å². The normalized spacial score (nSPS) is 22.5. The Balaban J connectivity index is 2.08. The van der Waals surface area contributed by atoms with Crippen LogP contribution in [0.1, 0.15) is 18.1 Å². The molecule has 2 N–H and O–H groups in total. The highest BCUT2D eigenvalue weighted by Gasteiger charge is 2.25. The van der Waals surface area contributed by atoms with E-state index >= 15 is 0 Å². The van der Waals surface area contributed by atoms with Crippen molar-refractivity contribution >= 4 is 11.7 Å². The van der Waals surface area contributed by atoms with E-state index in [1.165, 1.54) is 6.08 Å². The van der Waals surface area contributed by atoms with E-state index in [2.05, 4.69) is 5.32 Å². The summed E-state index contributed by atoms with van der Waals surface area (Å²) in [7, 11) is 0. The van der Waals surface area contributed by atoms with Gasteiger partial charge in [0.15, 0.2) is 11.5 Å². The molecule has 94 valence electrons. The summed E-state index contributed by atoms with van der Waals surface area (Å²) in [6.07, 6.45) is 1.74. The van der Waals surface area contributed by atoms with Crippen LogP contribution in [0.4, 0.5) is 0 Å². The second kappa shape index (κ2) is 3.94. The Morgan fingerprint density at radius 2 is 2.17 bits per heavy atom. The van der Waals surface area contributed by atoms with Gasteiger partial charge in [-0.3, -0.25) is 0 Å². The lowest BCUT2D eigenvalue weighted by Gasteiger charge is -2.21. The Labute approximate surface area is 104 Å². The fourth-order valence-corrected chi connectivity index (χ4v) is 2.30. The van der Waals surface area contributed by atoms with Crippen LogP contribution < -0.4 is 14.8 Å². The minimum atomic E-state index is -0.962. The first-order chi connectivity index (χ1) is 8.63. The molecular weight excluding hydrogens is 234 g/mol. The van der Waals surface area contributed by atoms with Gasteiger partial charge in [0.1, 0.15) is 0 Å². The monoisotopic (exact) mass is 247 g/mol. The summed E-state index contributed by atoms with van der Waals surface area (Å²) in [5.74, 6) is 0.440. The summed E-state index contributed by atoms with van der Waals surface area (Å²) < 4.78 is 11.0. The number of rotatable bonds is 1. The van der Waals surface area contributed by atoms with Gasteiger partial charge in [-0.15, -0.1) is 0 Å². The van der Waals surface area contributed by atoms with Crippen LogP contribution >= 0.6 is 0 Å². The van der Waals surface area contributed by atoms with E-state index in [0.717, 1.165) is 29.8 Å². The molecule has 0 amide bonds. The first-order valence-electron chi connectivity index (χ1n) is 5.82. The average Bonchev–Trinajstić information content (AvgIpc) is 2.65. The number of carbonyl (C=O) groups is 1. The summed E-state index contributed by atoms with van der Waals surface area (Å²) >= 11 is 0. The summed E-state index contributed by atoms with van der Waals surface area (Å²) in [6, 6.07) is 3.78. The predicted octanol–water partition coefficient (Wildman–Crippen LogP) is 1.38. The van der Waals surface area contributed by atoms with Gasteiger partial charge >= 0.3 is 5.97 Å². The number of ether oxygens (including phenoxy) is 2. The fourth-order valence-electron chi connectivity index (χ4n) is 2.30. The lowest BCUT2D eigenvalue weighted by Crippen LogP contribution is -2.23. The van der Waals surface area contributed by atoms with Crippen molar-refractivity contribution in [2.75, 3.05) is 6.54 Å². The third-order valence-corrected chi connectivity index (χ3v) is 3.02. The van der Waals surface area contributed by atoms with Crippen LogP contribution in [0, 0.1) is 0 Å². The molecule has 0 spiro atoms. The first-order valence-corrected chi connectivity index (χ1v) is 5.82. The van der Waals surface area contributed by atoms with Gasteiger partial charge in [0.25, 0.3) is 0 Å². The van der Waals surface area contributed by atoms with E-state index in [-0.39, 0.29) is 6.29 Å². The molecule has 0 bridgehead atoms. The van der Waals surface area contributed by atoms with Crippen molar-refractivity contribution in [1.29, 1.82) is 0 Å². The molecule has 5 nitrogen and oxygen atoms in total. The van der Waals surface area contributed by atoms with E-state index < -0.39 is 5.97 Å². The number of hydrogen-bond donors (Lipinski definition) is 2. The Kier molecular flexibility index (Phi) is 2.40. The topological polar surface area (TPSA) is 67.8 Å². The molecule has 1 aromatic carbocycles. The zero-order chi connectivity index (χ0) is 12.7. The van der Waals surface area contributed by atoms with Gasteiger partial charge in [-0.2, -0.15) is 0 Å². The van der Waals surface area contributed by atoms with E-state index in [1.807, 2.05) is 19.1 Å². The average molecular weight is 247 g/mol. The second-order valence-electron chi connectivity index (χ2n) is 4.33. The molecule has 1 atom stereocenters. The SMILES string of the molecule is CC1Oc2cc3c(cc2O1)/C(=C\C(=O)O)NCC3. The minimum Gasteiger partial charge on any atom is -0.478 e. The van der Waals surface area contributed by atoms with Crippen molar-refractivity contribution in [3.8, 4) is 11.5 Å². The smallest absolute Gasteiger partial charge is 0.330 e. The number of fused-ring (bicyclic) bond motifs is 2. The summed E-state index contributed by atoms with van der Waals surface area (Å²) in [6.45, 7) is 2.55. The Bertz CT molecular complexity index is 550.